The number of nitrogens with zero attached hydrogens (tertiary/aromatic N) is 5. The average Bonchev–Trinajstić information content (AvgIpc) is 3.25. The Morgan fingerprint density at radius 3 is 2.62 bits per heavy atom. The highest BCUT2D eigenvalue weighted by atomic mass is 32.2. The SMILES string of the molecule is CSc1nc(N)c(N=O)c(N(Cc2cccc(CN3CCCC3)c2)C2(C)CC2)n1. The summed E-state index contributed by atoms with van der Waals surface area (Å²) in [5.74, 6) is 0.688. The lowest BCUT2D eigenvalue weighted by molar-refractivity contribution is 0.331. The summed E-state index contributed by atoms with van der Waals surface area (Å²) in [4.78, 5) is 25.1. The number of aromatic nitrogens is 2. The summed E-state index contributed by atoms with van der Waals surface area (Å²) < 4.78 is 0. The predicted octanol–water partition coefficient (Wildman–Crippen LogP) is 4.33. The molecule has 2 N–H and O–H groups in total. The van der Waals surface area contributed by atoms with Crippen molar-refractivity contribution >= 4 is 29.1 Å². The van der Waals surface area contributed by atoms with Crippen LogP contribution in [0.25, 0.3) is 0 Å². The first kappa shape index (κ1) is 20.1. The second kappa shape index (κ2) is 8.28. The molecule has 2 aromatic rings. The van der Waals surface area contributed by atoms with Gasteiger partial charge in [-0.25, -0.2) is 9.97 Å². The molecule has 4 rings (SSSR count). The van der Waals surface area contributed by atoms with E-state index in [2.05, 4.69) is 56.1 Å². The van der Waals surface area contributed by atoms with Crippen LogP contribution in [0.1, 0.15) is 43.7 Å². The van der Waals surface area contributed by atoms with Gasteiger partial charge in [0.15, 0.2) is 22.5 Å². The van der Waals surface area contributed by atoms with E-state index >= 15 is 0 Å². The Bertz CT molecular complexity index is 895. The van der Waals surface area contributed by atoms with E-state index in [9.17, 15) is 4.91 Å². The maximum atomic E-state index is 11.6. The molecule has 1 aromatic carbocycles. The van der Waals surface area contributed by atoms with Gasteiger partial charge in [-0.05, 0) is 68.3 Å². The number of hydrogen-bond acceptors (Lipinski definition) is 8. The fourth-order valence-electron chi connectivity index (χ4n) is 3.99. The lowest BCUT2D eigenvalue weighted by Gasteiger charge is -2.31. The van der Waals surface area contributed by atoms with Gasteiger partial charge >= 0.3 is 0 Å². The smallest absolute Gasteiger partial charge is 0.192 e. The van der Waals surface area contributed by atoms with Crippen LogP contribution in [0.5, 0.6) is 0 Å². The Balaban J connectivity index is 1.64. The predicted molar refractivity (Wildman–Crippen MR) is 118 cm³/mol. The highest BCUT2D eigenvalue weighted by Gasteiger charge is 2.45. The minimum atomic E-state index is -0.0408. The van der Waals surface area contributed by atoms with E-state index in [-0.39, 0.29) is 17.0 Å². The van der Waals surface area contributed by atoms with E-state index in [1.54, 1.807) is 0 Å². The molecule has 0 bridgehead atoms. The minimum Gasteiger partial charge on any atom is -0.382 e. The van der Waals surface area contributed by atoms with Crippen LogP contribution in [0, 0.1) is 4.91 Å². The number of nitrogens with two attached hydrogens (primary N) is 1. The Labute approximate surface area is 176 Å². The van der Waals surface area contributed by atoms with Crippen LogP contribution in [0.2, 0.25) is 0 Å². The molecule has 0 radical (unpaired) electrons. The van der Waals surface area contributed by atoms with E-state index in [1.807, 2.05) is 6.26 Å². The first-order valence-electron chi connectivity index (χ1n) is 10.1. The van der Waals surface area contributed by atoms with Crippen LogP contribution in [0.15, 0.2) is 34.6 Å². The molecule has 2 aliphatic rings. The van der Waals surface area contributed by atoms with Crippen LogP contribution in [-0.2, 0) is 13.1 Å². The molecule has 154 valence electrons. The van der Waals surface area contributed by atoms with Crippen molar-refractivity contribution in [3.63, 3.8) is 0 Å². The zero-order valence-corrected chi connectivity index (χ0v) is 17.9. The number of nitroso groups, excluding NO2 is 1. The monoisotopic (exact) mass is 412 g/mol. The van der Waals surface area contributed by atoms with Crippen molar-refractivity contribution in [1.29, 1.82) is 0 Å². The molecule has 1 saturated heterocycles. The van der Waals surface area contributed by atoms with E-state index in [0.717, 1.165) is 19.4 Å². The highest BCUT2D eigenvalue weighted by molar-refractivity contribution is 7.98. The first-order chi connectivity index (χ1) is 14.0. The van der Waals surface area contributed by atoms with Gasteiger partial charge in [0, 0.05) is 18.6 Å². The fraction of sp³-hybridized carbons (Fsp3) is 0.524. The lowest BCUT2D eigenvalue weighted by atomic mass is 10.1. The number of benzene rings is 1. The fourth-order valence-corrected chi connectivity index (χ4v) is 4.35. The van der Waals surface area contributed by atoms with Crippen molar-refractivity contribution in [2.75, 3.05) is 30.0 Å². The normalized spacial score (nSPS) is 18.0. The molecule has 7 nitrogen and oxygen atoms in total. The minimum absolute atomic E-state index is 0.0408. The lowest BCUT2D eigenvalue weighted by Crippen LogP contribution is -2.35. The van der Waals surface area contributed by atoms with E-state index in [1.165, 1.54) is 48.8 Å². The number of likely N-dealkylation sites (tertiary alicyclic amines) is 1. The molecular formula is C21H28N6OS. The molecule has 2 heterocycles. The summed E-state index contributed by atoms with van der Waals surface area (Å²) in [5, 5.41) is 3.74. The largest absolute Gasteiger partial charge is 0.382 e. The second-order valence-electron chi connectivity index (χ2n) is 8.25. The van der Waals surface area contributed by atoms with Gasteiger partial charge in [0.25, 0.3) is 0 Å². The van der Waals surface area contributed by atoms with Crippen LogP contribution >= 0.6 is 11.8 Å². The number of thioether (sulfide) groups is 1. The molecule has 1 aliphatic carbocycles. The van der Waals surface area contributed by atoms with Crippen molar-refractivity contribution in [3.05, 3.63) is 40.3 Å². The van der Waals surface area contributed by atoms with Crippen LogP contribution in [0.4, 0.5) is 17.3 Å². The van der Waals surface area contributed by atoms with Gasteiger partial charge < -0.3 is 10.6 Å². The third-order valence-electron chi connectivity index (χ3n) is 5.96. The quantitative estimate of drug-likeness (QED) is 0.392. The van der Waals surface area contributed by atoms with Crippen molar-refractivity contribution in [1.82, 2.24) is 14.9 Å². The van der Waals surface area contributed by atoms with Gasteiger partial charge in [0.2, 0.25) is 0 Å². The molecule has 2 fully saturated rings. The van der Waals surface area contributed by atoms with Crippen LogP contribution < -0.4 is 10.6 Å². The van der Waals surface area contributed by atoms with Crippen molar-refractivity contribution in [2.24, 2.45) is 5.18 Å². The molecule has 8 heteroatoms. The maximum Gasteiger partial charge on any atom is 0.192 e. The van der Waals surface area contributed by atoms with Gasteiger partial charge in [-0.2, -0.15) is 0 Å². The standard InChI is InChI=1S/C21H28N6OS/c1-21(8-9-21)27(19-17(25-28)18(22)23-20(24-19)29-2)14-16-7-5-6-15(12-16)13-26-10-3-4-11-26/h5-7,12H,3-4,8-11,13-14H2,1-2H3,(H2,22,23,24). The summed E-state index contributed by atoms with van der Waals surface area (Å²) in [6.45, 7) is 6.22. The number of hydrogen-bond donors (Lipinski definition) is 1. The average molecular weight is 413 g/mol. The summed E-state index contributed by atoms with van der Waals surface area (Å²) >= 11 is 1.41. The van der Waals surface area contributed by atoms with E-state index < -0.39 is 0 Å². The molecule has 29 heavy (non-hydrogen) atoms. The summed E-state index contributed by atoms with van der Waals surface area (Å²) in [6, 6.07) is 8.72. The third kappa shape index (κ3) is 4.38. The Kier molecular flexibility index (Phi) is 5.74. The van der Waals surface area contributed by atoms with Crippen LogP contribution in [0.3, 0.4) is 0 Å². The summed E-state index contributed by atoms with van der Waals surface area (Å²) in [7, 11) is 0. The van der Waals surface area contributed by atoms with E-state index in [4.69, 9.17) is 5.73 Å². The van der Waals surface area contributed by atoms with Crippen molar-refractivity contribution < 1.29 is 0 Å². The van der Waals surface area contributed by atoms with Crippen molar-refractivity contribution in [3.8, 4) is 0 Å². The van der Waals surface area contributed by atoms with Crippen molar-refractivity contribution in [2.45, 2.75) is 56.4 Å². The van der Waals surface area contributed by atoms with Gasteiger partial charge in [-0.15, -0.1) is 4.91 Å². The number of anilines is 2. The molecule has 1 saturated carbocycles. The Morgan fingerprint density at radius 2 is 1.97 bits per heavy atom. The number of nitrogen functional groups attached to an aromatic ring is 1. The van der Waals surface area contributed by atoms with Gasteiger partial charge in [-0.3, -0.25) is 4.90 Å². The molecule has 0 unspecified atom stereocenters. The zero-order chi connectivity index (χ0) is 20.4. The summed E-state index contributed by atoms with van der Waals surface area (Å²) in [6.07, 6.45) is 6.59. The molecule has 0 amide bonds. The molecular weight excluding hydrogens is 384 g/mol. The molecule has 0 spiro atoms. The topological polar surface area (TPSA) is 87.7 Å². The molecule has 0 atom stereocenters. The first-order valence-corrected chi connectivity index (χ1v) is 11.4. The maximum absolute atomic E-state index is 11.6. The highest BCUT2D eigenvalue weighted by Crippen LogP contribution is 2.47. The van der Waals surface area contributed by atoms with Gasteiger partial charge in [-0.1, -0.05) is 36.0 Å². The van der Waals surface area contributed by atoms with Gasteiger partial charge in [0.1, 0.15) is 0 Å². The third-order valence-corrected chi connectivity index (χ3v) is 6.51. The molecule has 1 aliphatic heterocycles. The Morgan fingerprint density at radius 1 is 1.24 bits per heavy atom. The van der Waals surface area contributed by atoms with E-state index in [0.29, 0.717) is 17.5 Å². The van der Waals surface area contributed by atoms with Crippen LogP contribution in [-0.4, -0.2) is 39.8 Å². The van der Waals surface area contributed by atoms with Gasteiger partial charge in [0.05, 0.1) is 0 Å². The second-order valence-corrected chi connectivity index (χ2v) is 9.02. The zero-order valence-electron chi connectivity index (χ0n) is 17.1. The number of rotatable bonds is 8. The Hall–Kier alpha value is -2.19. The molecule has 1 aromatic heterocycles. The summed E-state index contributed by atoms with van der Waals surface area (Å²) in [5.41, 5.74) is 8.66.